The Bertz CT molecular complexity index is 236. The first-order valence-electron chi connectivity index (χ1n) is 3.65. The van der Waals surface area contributed by atoms with E-state index in [-0.39, 0.29) is 12.8 Å². The maximum absolute atomic E-state index is 10.9. The van der Waals surface area contributed by atoms with E-state index in [2.05, 4.69) is 15.7 Å². The molecule has 0 spiro atoms. The van der Waals surface area contributed by atoms with Crippen molar-refractivity contribution >= 4 is 17.9 Å². The van der Waals surface area contributed by atoms with Crippen LogP contribution in [0.15, 0.2) is 0 Å². The van der Waals surface area contributed by atoms with Gasteiger partial charge in [-0.3, -0.25) is 15.0 Å². The van der Waals surface area contributed by atoms with E-state index in [9.17, 15) is 14.4 Å². The van der Waals surface area contributed by atoms with Gasteiger partial charge in [0.25, 0.3) is 11.8 Å². The van der Waals surface area contributed by atoms with Crippen LogP contribution >= 0.6 is 0 Å². The Morgan fingerprint density at radius 3 is 2.38 bits per heavy atom. The van der Waals surface area contributed by atoms with Gasteiger partial charge in [0, 0.05) is 19.9 Å². The molecule has 3 amide bonds. The van der Waals surface area contributed by atoms with Crippen LogP contribution in [0.3, 0.4) is 0 Å². The fourth-order valence-corrected chi connectivity index (χ4v) is 0.866. The summed E-state index contributed by atoms with van der Waals surface area (Å²) in [5.41, 5.74) is 4.35. The van der Waals surface area contributed by atoms with Crippen molar-refractivity contribution in [3.8, 4) is 0 Å². The predicted octanol–water partition coefficient (Wildman–Crippen LogP) is -1.09. The van der Waals surface area contributed by atoms with Gasteiger partial charge in [-0.1, -0.05) is 0 Å². The van der Waals surface area contributed by atoms with Gasteiger partial charge in [0.1, 0.15) is 0 Å². The molecule has 1 fully saturated rings. The minimum absolute atomic E-state index is 0.0890. The molecule has 0 aromatic carbocycles. The minimum Gasteiger partial charge on any atom is -0.310 e. The van der Waals surface area contributed by atoms with E-state index in [0.29, 0.717) is 5.06 Å². The summed E-state index contributed by atoms with van der Waals surface area (Å²) in [6.07, 6.45) is -0.719. The standard InChI is InChI=1S/C6H9N3O4/c1-7-8-6(12)13-9-4(10)2-3-5(9)11/h7H,2-3H2,1H3,(H,8,12). The Morgan fingerprint density at radius 2 is 1.92 bits per heavy atom. The summed E-state index contributed by atoms with van der Waals surface area (Å²) in [6, 6.07) is 0. The molecule has 1 rings (SSSR count). The molecule has 7 nitrogen and oxygen atoms in total. The van der Waals surface area contributed by atoms with Gasteiger partial charge in [-0.05, 0) is 0 Å². The van der Waals surface area contributed by atoms with Gasteiger partial charge in [-0.25, -0.2) is 10.2 Å². The molecule has 1 saturated heterocycles. The number of hydrogen-bond acceptors (Lipinski definition) is 5. The van der Waals surface area contributed by atoms with Gasteiger partial charge in [-0.15, -0.1) is 5.06 Å². The molecule has 1 heterocycles. The topological polar surface area (TPSA) is 87.7 Å². The highest BCUT2D eigenvalue weighted by Crippen LogP contribution is 2.11. The fraction of sp³-hybridized carbons (Fsp3) is 0.500. The summed E-state index contributed by atoms with van der Waals surface area (Å²) >= 11 is 0. The molecular weight excluding hydrogens is 178 g/mol. The van der Waals surface area contributed by atoms with E-state index in [4.69, 9.17) is 0 Å². The largest absolute Gasteiger partial charge is 0.446 e. The average Bonchev–Trinajstić information content (AvgIpc) is 2.36. The Hall–Kier alpha value is -1.63. The van der Waals surface area contributed by atoms with E-state index in [0.717, 1.165) is 0 Å². The summed E-state index contributed by atoms with van der Waals surface area (Å²) < 4.78 is 0. The lowest BCUT2D eigenvalue weighted by atomic mass is 10.4. The molecule has 0 aromatic rings. The van der Waals surface area contributed by atoms with Crippen molar-refractivity contribution < 1.29 is 19.2 Å². The third kappa shape index (κ3) is 2.15. The quantitative estimate of drug-likeness (QED) is 0.423. The zero-order chi connectivity index (χ0) is 9.84. The van der Waals surface area contributed by atoms with Crippen LogP contribution < -0.4 is 10.9 Å². The molecule has 0 aromatic heterocycles. The molecule has 0 aliphatic carbocycles. The van der Waals surface area contributed by atoms with Gasteiger partial charge >= 0.3 is 6.09 Å². The fourth-order valence-electron chi connectivity index (χ4n) is 0.866. The van der Waals surface area contributed by atoms with Crippen LogP contribution in [0.5, 0.6) is 0 Å². The summed E-state index contributed by atoms with van der Waals surface area (Å²) in [5.74, 6) is -1.01. The van der Waals surface area contributed by atoms with Crippen LogP contribution in [0.4, 0.5) is 4.79 Å². The van der Waals surface area contributed by atoms with Gasteiger partial charge < -0.3 is 4.84 Å². The average molecular weight is 187 g/mol. The smallest absolute Gasteiger partial charge is 0.310 e. The molecule has 0 bridgehead atoms. The van der Waals surface area contributed by atoms with Crippen LogP contribution in [-0.4, -0.2) is 30.0 Å². The van der Waals surface area contributed by atoms with Gasteiger partial charge in [-0.2, -0.15) is 0 Å². The van der Waals surface area contributed by atoms with Crippen molar-refractivity contribution in [2.75, 3.05) is 7.05 Å². The number of amides is 3. The second-order valence-electron chi connectivity index (χ2n) is 2.34. The summed E-state index contributed by atoms with van der Waals surface area (Å²) in [5, 5.41) is 0.465. The molecule has 0 radical (unpaired) electrons. The molecule has 1 aliphatic heterocycles. The second-order valence-corrected chi connectivity index (χ2v) is 2.34. The SMILES string of the molecule is CNNC(=O)ON1C(=O)CCC1=O. The van der Waals surface area contributed by atoms with E-state index >= 15 is 0 Å². The molecule has 2 N–H and O–H groups in total. The highest BCUT2D eigenvalue weighted by Gasteiger charge is 2.32. The first kappa shape index (κ1) is 9.46. The van der Waals surface area contributed by atoms with E-state index in [1.54, 1.807) is 0 Å². The van der Waals surface area contributed by atoms with Crippen molar-refractivity contribution in [2.45, 2.75) is 12.8 Å². The number of nitrogens with one attached hydrogen (secondary N) is 2. The van der Waals surface area contributed by atoms with Crippen LogP contribution in [0, 0.1) is 0 Å². The van der Waals surface area contributed by atoms with Gasteiger partial charge in [0.2, 0.25) is 0 Å². The second kappa shape index (κ2) is 3.85. The first-order valence-corrected chi connectivity index (χ1v) is 3.65. The van der Waals surface area contributed by atoms with Crippen LogP contribution in [0.25, 0.3) is 0 Å². The van der Waals surface area contributed by atoms with Crippen molar-refractivity contribution in [3.05, 3.63) is 0 Å². The van der Waals surface area contributed by atoms with E-state index < -0.39 is 17.9 Å². The maximum Gasteiger partial charge on any atom is 0.446 e. The molecule has 0 atom stereocenters. The maximum atomic E-state index is 10.9. The van der Waals surface area contributed by atoms with E-state index in [1.807, 2.05) is 0 Å². The number of hydrogen-bond donors (Lipinski definition) is 2. The minimum atomic E-state index is -0.897. The van der Waals surface area contributed by atoms with Gasteiger partial charge in [0.15, 0.2) is 0 Å². The monoisotopic (exact) mass is 187 g/mol. The third-order valence-electron chi connectivity index (χ3n) is 1.41. The third-order valence-corrected chi connectivity index (χ3v) is 1.41. The lowest BCUT2D eigenvalue weighted by Gasteiger charge is -2.12. The molecule has 72 valence electrons. The normalized spacial score (nSPS) is 16.2. The highest BCUT2D eigenvalue weighted by molar-refractivity contribution is 6.01. The number of carbonyl (C=O) groups is 3. The number of nitrogens with zero attached hydrogens (tertiary/aromatic N) is 1. The number of imide groups is 1. The Balaban J connectivity index is 2.48. The van der Waals surface area contributed by atoms with Crippen molar-refractivity contribution in [1.82, 2.24) is 15.9 Å². The Morgan fingerprint density at radius 1 is 1.38 bits per heavy atom. The van der Waals surface area contributed by atoms with Crippen molar-refractivity contribution in [2.24, 2.45) is 0 Å². The number of carbonyl (C=O) groups excluding carboxylic acids is 3. The molecular formula is C6H9N3O4. The highest BCUT2D eigenvalue weighted by atomic mass is 16.7. The van der Waals surface area contributed by atoms with Gasteiger partial charge in [0.05, 0.1) is 0 Å². The van der Waals surface area contributed by atoms with Crippen molar-refractivity contribution in [1.29, 1.82) is 0 Å². The molecule has 13 heavy (non-hydrogen) atoms. The number of hydroxylamine groups is 2. The first-order chi connectivity index (χ1) is 6.15. The van der Waals surface area contributed by atoms with Crippen LogP contribution in [-0.2, 0) is 14.4 Å². The van der Waals surface area contributed by atoms with Crippen LogP contribution in [0.1, 0.15) is 12.8 Å². The lowest BCUT2D eigenvalue weighted by molar-refractivity contribution is -0.171. The van der Waals surface area contributed by atoms with E-state index in [1.165, 1.54) is 7.05 Å². The zero-order valence-corrected chi connectivity index (χ0v) is 6.99. The molecule has 0 saturated carbocycles. The number of rotatable bonds is 2. The molecule has 7 heteroatoms. The molecule has 0 unspecified atom stereocenters. The van der Waals surface area contributed by atoms with Crippen molar-refractivity contribution in [3.63, 3.8) is 0 Å². The number of hydrazine groups is 1. The summed E-state index contributed by atoms with van der Waals surface area (Å²) in [7, 11) is 1.45. The Kier molecular flexibility index (Phi) is 2.80. The lowest BCUT2D eigenvalue weighted by Crippen LogP contribution is -2.41. The summed E-state index contributed by atoms with van der Waals surface area (Å²) in [4.78, 5) is 37.0. The van der Waals surface area contributed by atoms with Crippen LogP contribution in [0.2, 0.25) is 0 Å². The molecule has 1 aliphatic rings. The Labute approximate surface area is 73.9 Å². The zero-order valence-electron chi connectivity index (χ0n) is 6.99. The summed E-state index contributed by atoms with van der Waals surface area (Å²) in [6.45, 7) is 0. The predicted molar refractivity (Wildman–Crippen MR) is 39.8 cm³/mol.